The molecule has 0 aromatic heterocycles. The van der Waals surface area contributed by atoms with Gasteiger partial charge in [-0.25, -0.2) is 0 Å². The van der Waals surface area contributed by atoms with Gasteiger partial charge in [0.1, 0.15) is 39.4 Å². The van der Waals surface area contributed by atoms with Gasteiger partial charge in [-0.15, -0.1) is 0 Å². The first-order valence-corrected chi connectivity index (χ1v) is 18.3. The maximum absolute atomic E-state index is 12.2. The van der Waals surface area contributed by atoms with Crippen LogP contribution in [0.4, 0.5) is 0 Å². The van der Waals surface area contributed by atoms with E-state index in [0.717, 1.165) is 85.2 Å². The Balaban J connectivity index is 0.000000490. The van der Waals surface area contributed by atoms with Crippen LogP contribution >= 0.6 is 0 Å². The SMILES string of the molecule is CCC(C)(C)C(=O)OCC[N+](CC)(CC)Cc1ccc(B(C)O)cc1.CCC(C)C(=O)OCC[N+](CC)(CC)Cc1ccc(B(O)O)cc1. The van der Waals surface area contributed by atoms with Crippen molar-refractivity contribution in [3.05, 3.63) is 59.7 Å². The summed E-state index contributed by atoms with van der Waals surface area (Å²) in [5.41, 5.74) is 3.40. The first-order chi connectivity index (χ1) is 23.1. The summed E-state index contributed by atoms with van der Waals surface area (Å²) in [6.45, 7) is 27.8. The van der Waals surface area contributed by atoms with Crippen molar-refractivity contribution in [2.45, 2.75) is 95.1 Å². The van der Waals surface area contributed by atoms with E-state index in [1.807, 2.05) is 58.9 Å². The van der Waals surface area contributed by atoms with E-state index in [4.69, 9.17) is 9.47 Å². The molecule has 1 atom stereocenters. The minimum absolute atomic E-state index is 0.0485. The Bertz CT molecular complexity index is 1230. The number of rotatable bonds is 20. The molecule has 3 N–H and O–H groups in total. The molecule has 49 heavy (non-hydrogen) atoms. The number of nitrogens with zero attached hydrogens (tertiary/aromatic N) is 2. The molecule has 1 unspecified atom stereocenters. The van der Waals surface area contributed by atoms with Crippen LogP contribution in [0.5, 0.6) is 0 Å². The van der Waals surface area contributed by atoms with E-state index < -0.39 is 19.4 Å². The van der Waals surface area contributed by atoms with Gasteiger partial charge in [0.2, 0.25) is 0 Å². The third kappa shape index (κ3) is 14.6. The second kappa shape index (κ2) is 21.5. The molecule has 0 aliphatic heterocycles. The van der Waals surface area contributed by atoms with Crippen molar-refractivity contribution < 1.29 is 43.1 Å². The summed E-state index contributed by atoms with van der Waals surface area (Å²) in [6, 6.07) is 15.5. The third-order valence-electron chi connectivity index (χ3n) is 10.5. The lowest BCUT2D eigenvalue weighted by Crippen LogP contribution is -2.49. The van der Waals surface area contributed by atoms with E-state index in [0.29, 0.717) is 18.7 Å². The van der Waals surface area contributed by atoms with Gasteiger partial charge in [0.05, 0.1) is 37.5 Å². The zero-order valence-corrected chi connectivity index (χ0v) is 32.2. The standard InChI is InChI=1S/C20H35BNO3.C18H31BNO4/c1-7-20(4,5)19(23)25-15-14-22(8-2,9-3)16-17-10-12-18(13-11-17)21(6)24;1-5-15(4)18(21)24-13-12-20(6-2,7-3)14-16-8-10-17(11-9-16)19(22)23/h10-13,24H,7-9,14-16H2,1-6H3;8-11,15,22-23H,5-7,12-14H2,1-4H3/q2*+1. The van der Waals surface area contributed by atoms with Gasteiger partial charge in [0.25, 0.3) is 0 Å². The molecule has 0 radical (unpaired) electrons. The van der Waals surface area contributed by atoms with Crippen molar-refractivity contribution in [1.29, 1.82) is 0 Å². The Morgan fingerprint density at radius 2 is 1.12 bits per heavy atom. The molecule has 0 aliphatic carbocycles. The fraction of sp³-hybridized carbons (Fsp3) is 0.632. The highest BCUT2D eigenvalue weighted by Gasteiger charge is 2.30. The lowest BCUT2D eigenvalue weighted by molar-refractivity contribution is -0.937. The zero-order chi connectivity index (χ0) is 37.3. The van der Waals surface area contributed by atoms with Gasteiger partial charge in [-0.2, -0.15) is 0 Å². The number of quaternary nitrogens is 2. The average Bonchev–Trinajstić information content (AvgIpc) is 3.10. The Morgan fingerprint density at radius 1 is 0.714 bits per heavy atom. The molecule has 0 aliphatic rings. The van der Waals surface area contributed by atoms with Crippen LogP contribution in [0, 0.1) is 11.3 Å². The zero-order valence-electron chi connectivity index (χ0n) is 32.2. The second-order valence-electron chi connectivity index (χ2n) is 14.1. The monoisotopic (exact) mass is 685 g/mol. The van der Waals surface area contributed by atoms with Gasteiger partial charge in [0.15, 0.2) is 0 Å². The van der Waals surface area contributed by atoms with E-state index in [-0.39, 0.29) is 17.9 Å². The molecule has 2 aromatic rings. The Hall–Kier alpha value is -2.69. The van der Waals surface area contributed by atoms with Crippen LogP contribution in [0.3, 0.4) is 0 Å². The molecule has 9 nitrogen and oxygen atoms in total. The molecule has 0 saturated heterocycles. The normalized spacial score (nSPS) is 12.4. The van der Waals surface area contributed by atoms with Gasteiger partial charge >= 0.3 is 26.0 Å². The van der Waals surface area contributed by atoms with Crippen LogP contribution < -0.4 is 10.9 Å². The first-order valence-electron chi connectivity index (χ1n) is 18.3. The smallest absolute Gasteiger partial charge is 0.459 e. The number of esters is 2. The second-order valence-corrected chi connectivity index (χ2v) is 14.1. The van der Waals surface area contributed by atoms with E-state index >= 15 is 0 Å². The van der Waals surface area contributed by atoms with Crippen LogP contribution in [0.15, 0.2) is 48.5 Å². The number of benzene rings is 2. The van der Waals surface area contributed by atoms with Crippen molar-refractivity contribution in [3.8, 4) is 0 Å². The molecule has 0 heterocycles. The summed E-state index contributed by atoms with van der Waals surface area (Å²) in [6.07, 6.45) is 1.58. The fourth-order valence-corrected chi connectivity index (χ4v) is 5.48. The van der Waals surface area contributed by atoms with Crippen LogP contribution in [0.25, 0.3) is 0 Å². The molecular weight excluding hydrogens is 618 g/mol. The number of likely N-dealkylation sites (N-methyl/N-ethyl adjacent to an activating group) is 2. The molecule has 2 rings (SSSR count). The predicted molar refractivity (Wildman–Crippen MR) is 201 cm³/mol. The van der Waals surface area contributed by atoms with Crippen LogP contribution in [-0.4, -0.2) is 102 Å². The van der Waals surface area contributed by atoms with Gasteiger partial charge < -0.3 is 33.5 Å². The number of carbonyl (C=O) groups excluding carboxylic acids is 2. The number of ether oxygens (including phenoxy) is 2. The number of hydrogen-bond donors (Lipinski definition) is 3. The van der Waals surface area contributed by atoms with Gasteiger partial charge in [-0.3, -0.25) is 9.59 Å². The molecule has 0 spiro atoms. The largest absolute Gasteiger partial charge is 0.488 e. The molecule has 274 valence electrons. The van der Waals surface area contributed by atoms with Crippen molar-refractivity contribution in [2.24, 2.45) is 11.3 Å². The van der Waals surface area contributed by atoms with E-state index in [1.165, 1.54) is 5.56 Å². The highest BCUT2D eigenvalue weighted by Crippen LogP contribution is 2.22. The minimum Gasteiger partial charge on any atom is -0.459 e. The lowest BCUT2D eigenvalue weighted by atomic mass is 9.64. The third-order valence-corrected chi connectivity index (χ3v) is 10.5. The first kappa shape index (κ1) is 44.3. The summed E-state index contributed by atoms with van der Waals surface area (Å²) in [7, 11) is -1.43. The van der Waals surface area contributed by atoms with Crippen molar-refractivity contribution in [1.82, 2.24) is 0 Å². The van der Waals surface area contributed by atoms with Crippen LogP contribution in [0.2, 0.25) is 6.82 Å². The van der Waals surface area contributed by atoms with Gasteiger partial charge in [-0.05, 0) is 65.3 Å². The fourth-order valence-electron chi connectivity index (χ4n) is 5.48. The molecule has 0 saturated carbocycles. The van der Waals surface area contributed by atoms with E-state index in [2.05, 4.69) is 39.8 Å². The van der Waals surface area contributed by atoms with E-state index in [9.17, 15) is 24.7 Å². The topological polar surface area (TPSA) is 113 Å². The van der Waals surface area contributed by atoms with Crippen LogP contribution in [0.1, 0.15) is 86.3 Å². The lowest BCUT2D eigenvalue weighted by Gasteiger charge is -2.37. The summed E-state index contributed by atoms with van der Waals surface area (Å²) in [5.74, 6) is -0.279. The average molecular weight is 685 g/mol. The molecular formula is C38H66B2N2O7+2. The van der Waals surface area contributed by atoms with E-state index in [1.54, 1.807) is 19.0 Å². The van der Waals surface area contributed by atoms with Crippen molar-refractivity contribution >= 4 is 36.9 Å². The summed E-state index contributed by atoms with van der Waals surface area (Å²) in [4.78, 5) is 24.0. The summed E-state index contributed by atoms with van der Waals surface area (Å²) >= 11 is 0. The molecule has 11 heteroatoms. The van der Waals surface area contributed by atoms with Gasteiger partial charge in [-0.1, -0.05) is 76.1 Å². The van der Waals surface area contributed by atoms with Gasteiger partial charge in [0, 0.05) is 11.1 Å². The minimum atomic E-state index is -1.43. The summed E-state index contributed by atoms with van der Waals surface area (Å²) in [5, 5.41) is 28.0. The molecule has 2 aromatic carbocycles. The van der Waals surface area contributed by atoms with Crippen molar-refractivity contribution in [3.63, 3.8) is 0 Å². The van der Waals surface area contributed by atoms with Crippen molar-refractivity contribution in [2.75, 3.05) is 52.5 Å². The van der Waals surface area contributed by atoms with Crippen LogP contribution in [-0.2, 0) is 32.2 Å². The highest BCUT2D eigenvalue weighted by molar-refractivity contribution is 6.64. The maximum atomic E-state index is 12.2. The number of carbonyl (C=O) groups is 2. The molecule has 0 fully saturated rings. The Morgan fingerprint density at radius 3 is 1.47 bits per heavy atom. The highest BCUT2D eigenvalue weighted by atomic mass is 16.5. The maximum Gasteiger partial charge on any atom is 0.488 e. The molecule has 0 amide bonds. The predicted octanol–water partition coefficient (Wildman–Crippen LogP) is 4.16. The Labute approximate surface area is 298 Å². The molecule has 0 bridgehead atoms. The summed E-state index contributed by atoms with van der Waals surface area (Å²) < 4.78 is 12.7. The Kier molecular flexibility index (Phi) is 19.5. The number of hydrogen-bond acceptors (Lipinski definition) is 7. The quantitative estimate of drug-likeness (QED) is 0.109.